The lowest BCUT2D eigenvalue weighted by Gasteiger charge is -2.53. The Morgan fingerprint density at radius 3 is 2.59 bits per heavy atom. The number of likely N-dealkylation sites (tertiary alicyclic amines) is 1. The molecule has 0 saturated carbocycles. The van der Waals surface area contributed by atoms with Gasteiger partial charge in [-0.3, -0.25) is 19.3 Å². The number of piperidine rings is 1. The predicted octanol–water partition coefficient (Wildman–Crippen LogP) is 2.22. The van der Waals surface area contributed by atoms with Crippen LogP contribution >= 0.6 is 0 Å². The average molecular weight is 374 g/mol. The monoisotopic (exact) mass is 373 g/mol. The molecule has 1 aromatic heterocycles. The Bertz CT molecular complexity index is 666. The summed E-state index contributed by atoms with van der Waals surface area (Å²) in [5.41, 5.74) is 1.15. The van der Waals surface area contributed by atoms with Crippen LogP contribution in [0.25, 0.3) is 0 Å². The van der Waals surface area contributed by atoms with E-state index in [1.54, 1.807) is 0 Å². The van der Waals surface area contributed by atoms with Gasteiger partial charge >= 0.3 is 0 Å². The molecule has 1 spiro atoms. The number of rotatable bonds is 4. The zero-order valence-corrected chi connectivity index (χ0v) is 17.4. The number of carbonyl (C=O) groups excluding carboxylic acids is 1. The summed E-state index contributed by atoms with van der Waals surface area (Å²) in [5.74, 6) is 0.280. The van der Waals surface area contributed by atoms with Crippen LogP contribution in [0.4, 0.5) is 0 Å². The van der Waals surface area contributed by atoms with Gasteiger partial charge in [-0.15, -0.1) is 6.58 Å². The van der Waals surface area contributed by atoms with E-state index in [9.17, 15) is 4.79 Å². The van der Waals surface area contributed by atoms with Crippen molar-refractivity contribution in [3.63, 3.8) is 0 Å². The van der Waals surface area contributed by atoms with Gasteiger partial charge in [0, 0.05) is 62.0 Å². The van der Waals surface area contributed by atoms with Crippen molar-refractivity contribution in [2.45, 2.75) is 52.2 Å². The molecule has 6 heteroatoms. The van der Waals surface area contributed by atoms with Gasteiger partial charge in [0.25, 0.3) is 0 Å². The first kappa shape index (κ1) is 20.1. The molecule has 0 aliphatic carbocycles. The van der Waals surface area contributed by atoms with Crippen molar-refractivity contribution in [3.8, 4) is 0 Å². The van der Waals surface area contributed by atoms with Crippen LogP contribution in [0.15, 0.2) is 25.0 Å². The molecule has 3 rings (SSSR count). The molecule has 2 saturated heterocycles. The van der Waals surface area contributed by atoms with E-state index in [2.05, 4.69) is 39.6 Å². The third-order valence-electron chi connectivity index (χ3n) is 6.11. The summed E-state index contributed by atoms with van der Waals surface area (Å²) in [5, 5.41) is 4.41. The van der Waals surface area contributed by atoms with Crippen molar-refractivity contribution in [1.29, 1.82) is 0 Å². The van der Waals surface area contributed by atoms with E-state index in [-0.39, 0.29) is 16.9 Å². The molecule has 3 heterocycles. The number of likely N-dealkylation sites (N-methyl/N-ethyl adjacent to an activating group) is 1. The second-order valence-electron chi connectivity index (χ2n) is 9.26. The highest BCUT2D eigenvalue weighted by Crippen LogP contribution is 2.33. The van der Waals surface area contributed by atoms with Crippen molar-refractivity contribution in [2.75, 3.05) is 39.8 Å². The Hall–Kier alpha value is -1.66. The zero-order chi connectivity index (χ0) is 19.7. The predicted molar refractivity (Wildman–Crippen MR) is 108 cm³/mol. The molecule has 2 aliphatic heterocycles. The number of carbonyl (C=O) groups is 1. The molecule has 6 nitrogen and oxygen atoms in total. The molecule has 0 atom stereocenters. The average Bonchev–Trinajstić information content (AvgIpc) is 3.05. The highest BCUT2D eigenvalue weighted by molar-refractivity contribution is 5.81. The Balaban J connectivity index is 1.62. The normalized spacial score (nSPS) is 21.6. The van der Waals surface area contributed by atoms with Gasteiger partial charge in [-0.1, -0.05) is 26.8 Å². The van der Waals surface area contributed by atoms with Crippen LogP contribution in [0.5, 0.6) is 0 Å². The molecular formula is C21H35N5O. The smallest absolute Gasteiger partial charge is 0.227 e. The largest absolute Gasteiger partial charge is 0.342 e. The van der Waals surface area contributed by atoms with Crippen molar-refractivity contribution in [3.05, 3.63) is 30.6 Å². The lowest BCUT2D eigenvalue weighted by atomic mass is 9.82. The van der Waals surface area contributed by atoms with Crippen LogP contribution in [-0.4, -0.2) is 75.7 Å². The summed E-state index contributed by atoms with van der Waals surface area (Å²) >= 11 is 0. The quantitative estimate of drug-likeness (QED) is 0.759. The first-order valence-corrected chi connectivity index (χ1v) is 10.1. The second kappa shape index (κ2) is 7.76. The maximum atomic E-state index is 12.6. The van der Waals surface area contributed by atoms with Gasteiger partial charge in [-0.05, 0) is 19.9 Å². The van der Waals surface area contributed by atoms with Crippen LogP contribution in [0.1, 0.15) is 39.2 Å². The minimum absolute atomic E-state index is 0.185. The molecule has 27 heavy (non-hydrogen) atoms. The molecule has 0 aromatic carbocycles. The maximum Gasteiger partial charge on any atom is 0.227 e. The standard InChI is InChI=1S/C21H35N5O/c1-6-9-26-16-18(14-22-26)15-24-13-12-23(5)21(17-24)7-10-25(11-8-21)19(27)20(2,3)4/h6,14,16H,1,7-13,15,17H2,2-5H3. The van der Waals surface area contributed by atoms with Crippen molar-refractivity contribution < 1.29 is 4.79 Å². The van der Waals surface area contributed by atoms with E-state index in [0.29, 0.717) is 0 Å². The molecule has 1 amide bonds. The van der Waals surface area contributed by atoms with Gasteiger partial charge in [0.1, 0.15) is 0 Å². The second-order valence-corrected chi connectivity index (χ2v) is 9.26. The zero-order valence-electron chi connectivity index (χ0n) is 17.4. The summed E-state index contributed by atoms with van der Waals surface area (Å²) in [4.78, 5) is 19.8. The molecule has 0 unspecified atom stereocenters. The topological polar surface area (TPSA) is 44.6 Å². The first-order chi connectivity index (χ1) is 12.7. The fourth-order valence-corrected chi connectivity index (χ4v) is 4.40. The van der Waals surface area contributed by atoms with Crippen LogP contribution in [0.3, 0.4) is 0 Å². The lowest BCUT2D eigenvalue weighted by molar-refractivity contribution is -0.143. The number of aromatic nitrogens is 2. The Morgan fingerprint density at radius 1 is 1.26 bits per heavy atom. The van der Waals surface area contributed by atoms with Crippen LogP contribution in [0.2, 0.25) is 0 Å². The third kappa shape index (κ3) is 4.43. The molecule has 2 aliphatic rings. The fourth-order valence-electron chi connectivity index (χ4n) is 4.40. The number of nitrogens with zero attached hydrogens (tertiary/aromatic N) is 5. The Kier molecular flexibility index (Phi) is 5.77. The van der Waals surface area contributed by atoms with E-state index in [1.807, 2.05) is 37.7 Å². The van der Waals surface area contributed by atoms with E-state index in [0.717, 1.165) is 58.7 Å². The highest BCUT2D eigenvalue weighted by Gasteiger charge is 2.43. The molecule has 0 radical (unpaired) electrons. The van der Waals surface area contributed by atoms with E-state index in [4.69, 9.17) is 0 Å². The Morgan fingerprint density at radius 2 is 1.96 bits per heavy atom. The molecule has 1 aromatic rings. The number of hydrogen-bond donors (Lipinski definition) is 0. The highest BCUT2D eigenvalue weighted by atomic mass is 16.2. The van der Waals surface area contributed by atoms with Crippen molar-refractivity contribution in [1.82, 2.24) is 24.5 Å². The van der Waals surface area contributed by atoms with Gasteiger partial charge in [0.15, 0.2) is 0 Å². The third-order valence-corrected chi connectivity index (χ3v) is 6.11. The van der Waals surface area contributed by atoms with Crippen LogP contribution < -0.4 is 0 Å². The first-order valence-electron chi connectivity index (χ1n) is 10.1. The van der Waals surface area contributed by atoms with E-state index in [1.165, 1.54) is 5.56 Å². The maximum absolute atomic E-state index is 12.6. The molecule has 150 valence electrons. The SMILES string of the molecule is C=CCn1cc(CN2CCN(C)C3(CCN(C(=O)C(C)(C)C)CC3)C2)cn1. The summed E-state index contributed by atoms with van der Waals surface area (Å²) in [6.07, 6.45) is 8.07. The fraction of sp³-hybridized carbons (Fsp3) is 0.714. The van der Waals surface area contributed by atoms with Crippen LogP contribution in [-0.2, 0) is 17.9 Å². The summed E-state index contributed by atoms with van der Waals surface area (Å²) in [6.45, 7) is 16.5. The number of piperazine rings is 1. The van der Waals surface area contributed by atoms with Crippen LogP contribution in [0, 0.1) is 5.41 Å². The van der Waals surface area contributed by atoms with Gasteiger partial charge in [-0.25, -0.2) is 0 Å². The van der Waals surface area contributed by atoms with Gasteiger partial charge in [-0.2, -0.15) is 5.10 Å². The summed E-state index contributed by atoms with van der Waals surface area (Å²) < 4.78 is 1.94. The minimum Gasteiger partial charge on any atom is -0.342 e. The van der Waals surface area contributed by atoms with Gasteiger partial charge in [0.05, 0.1) is 12.7 Å². The van der Waals surface area contributed by atoms with Crippen molar-refractivity contribution >= 4 is 5.91 Å². The summed E-state index contributed by atoms with van der Waals surface area (Å²) in [6, 6.07) is 0. The molecule has 0 N–H and O–H groups in total. The number of allylic oxidation sites excluding steroid dienone is 1. The van der Waals surface area contributed by atoms with Crippen molar-refractivity contribution in [2.24, 2.45) is 5.41 Å². The van der Waals surface area contributed by atoms with Gasteiger partial charge < -0.3 is 4.90 Å². The van der Waals surface area contributed by atoms with Gasteiger partial charge in [0.2, 0.25) is 5.91 Å². The Labute approximate surface area is 163 Å². The molecule has 0 bridgehead atoms. The molecule has 2 fully saturated rings. The molecular weight excluding hydrogens is 338 g/mol. The van der Waals surface area contributed by atoms with E-state index >= 15 is 0 Å². The lowest BCUT2D eigenvalue weighted by Crippen LogP contribution is -2.64. The summed E-state index contributed by atoms with van der Waals surface area (Å²) in [7, 11) is 2.25. The van der Waals surface area contributed by atoms with E-state index < -0.39 is 0 Å². The number of amides is 1. The minimum atomic E-state index is -0.291. The number of hydrogen-bond acceptors (Lipinski definition) is 4.